The summed E-state index contributed by atoms with van der Waals surface area (Å²) in [5.41, 5.74) is 3.84. The number of carbonyl (C=O) groups is 1. The maximum absolute atomic E-state index is 14.3. The number of nitrogens with one attached hydrogen (secondary N) is 2. The quantitative estimate of drug-likeness (QED) is 0.306. The number of nitrogens with zero attached hydrogens (tertiary/aromatic N) is 6. The van der Waals surface area contributed by atoms with Crippen molar-refractivity contribution in [2.75, 3.05) is 44.9 Å². The van der Waals surface area contributed by atoms with Gasteiger partial charge in [-0.25, -0.2) is 19.3 Å². The van der Waals surface area contributed by atoms with Crippen molar-refractivity contribution < 1.29 is 18.7 Å². The predicted octanol–water partition coefficient (Wildman–Crippen LogP) is 3.16. The van der Waals surface area contributed by atoms with E-state index in [0.29, 0.717) is 60.0 Å². The molecule has 5 aromatic rings. The molecule has 5 heterocycles. The molecule has 40 heavy (non-hydrogen) atoms. The standard InChI is InChI=1S/C28H29FN8O3/c1-17(16-39-2)33-28(38)21-13-31-27-26(21)34-22(14-32-27)25-20-5-4-19(29)11-23(20)37(35-25)15-18-3-6-24(30-12-18)36-7-9-40-10-8-36/h3-6,11-14,17H,7-10,15-16H2,1-2H3,(H,31,32)(H,33,38). The lowest BCUT2D eigenvalue weighted by atomic mass is 10.1. The van der Waals surface area contributed by atoms with Crippen LogP contribution >= 0.6 is 0 Å². The first kappa shape index (κ1) is 25.8. The van der Waals surface area contributed by atoms with Gasteiger partial charge < -0.3 is 24.7 Å². The third-order valence-corrected chi connectivity index (χ3v) is 6.85. The summed E-state index contributed by atoms with van der Waals surface area (Å²) in [5, 5.41) is 8.44. The predicted molar refractivity (Wildman–Crippen MR) is 148 cm³/mol. The number of carbonyl (C=O) groups excluding carboxylic acids is 1. The molecule has 4 aromatic heterocycles. The first-order chi connectivity index (χ1) is 19.5. The first-order valence-electron chi connectivity index (χ1n) is 13.1. The minimum absolute atomic E-state index is 0.175. The molecule has 1 aromatic carbocycles. The van der Waals surface area contributed by atoms with Crippen molar-refractivity contribution in [3.05, 3.63) is 65.9 Å². The van der Waals surface area contributed by atoms with Crippen molar-refractivity contribution in [2.24, 2.45) is 0 Å². The Hall–Kier alpha value is -4.42. The second kappa shape index (κ2) is 11.0. The summed E-state index contributed by atoms with van der Waals surface area (Å²) in [5.74, 6) is 0.251. The number of amides is 1. The van der Waals surface area contributed by atoms with E-state index in [9.17, 15) is 9.18 Å². The van der Waals surface area contributed by atoms with Gasteiger partial charge in [0.05, 0.1) is 43.6 Å². The van der Waals surface area contributed by atoms with Crippen LogP contribution in [0, 0.1) is 5.82 Å². The van der Waals surface area contributed by atoms with E-state index < -0.39 is 0 Å². The normalized spacial score (nSPS) is 14.6. The number of benzene rings is 1. The number of halogens is 1. The summed E-state index contributed by atoms with van der Waals surface area (Å²) in [6.07, 6.45) is 5.00. The number of methoxy groups -OCH3 is 1. The average Bonchev–Trinajstić information content (AvgIpc) is 3.55. The number of hydrogen-bond acceptors (Lipinski definition) is 8. The van der Waals surface area contributed by atoms with E-state index in [4.69, 9.17) is 19.6 Å². The van der Waals surface area contributed by atoms with Crippen molar-refractivity contribution in [1.29, 1.82) is 0 Å². The van der Waals surface area contributed by atoms with Crippen LogP contribution < -0.4 is 10.2 Å². The molecule has 0 aliphatic carbocycles. The third-order valence-electron chi connectivity index (χ3n) is 6.85. The fourth-order valence-electron chi connectivity index (χ4n) is 4.89. The number of H-pyrrole nitrogens is 1. The van der Waals surface area contributed by atoms with E-state index in [0.717, 1.165) is 29.9 Å². The molecule has 1 aliphatic rings. The van der Waals surface area contributed by atoms with Gasteiger partial charge in [-0.2, -0.15) is 5.10 Å². The lowest BCUT2D eigenvalue weighted by Gasteiger charge is -2.27. The molecule has 1 saturated heterocycles. The van der Waals surface area contributed by atoms with Crippen molar-refractivity contribution in [3.63, 3.8) is 0 Å². The van der Waals surface area contributed by atoms with Gasteiger partial charge in [-0.05, 0) is 36.8 Å². The number of rotatable bonds is 8. The third kappa shape index (κ3) is 5.10. The number of fused-ring (bicyclic) bond motifs is 2. The molecule has 1 aliphatic heterocycles. The molecular weight excluding hydrogens is 515 g/mol. The molecule has 6 rings (SSSR count). The summed E-state index contributed by atoms with van der Waals surface area (Å²) in [6, 6.07) is 8.36. The van der Waals surface area contributed by atoms with Crippen LogP contribution in [-0.2, 0) is 16.0 Å². The van der Waals surface area contributed by atoms with Crippen LogP contribution in [0.1, 0.15) is 22.8 Å². The number of aromatic nitrogens is 6. The van der Waals surface area contributed by atoms with Crippen molar-refractivity contribution >= 4 is 33.8 Å². The fourth-order valence-corrected chi connectivity index (χ4v) is 4.89. The Morgan fingerprint density at radius 1 is 1.20 bits per heavy atom. The first-order valence-corrected chi connectivity index (χ1v) is 13.1. The van der Waals surface area contributed by atoms with Gasteiger partial charge in [-0.3, -0.25) is 9.48 Å². The van der Waals surface area contributed by atoms with Gasteiger partial charge >= 0.3 is 0 Å². The molecule has 11 nitrogen and oxygen atoms in total. The fraction of sp³-hybridized carbons (Fsp3) is 0.321. The van der Waals surface area contributed by atoms with Gasteiger partial charge in [0.25, 0.3) is 5.91 Å². The van der Waals surface area contributed by atoms with Crippen LogP contribution in [0.25, 0.3) is 33.5 Å². The summed E-state index contributed by atoms with van der Waals surface area (Å²) in [4.78, 5) is 32.0. The molecule has 0 bridgehead atoms. The smallest absolute Gasteiger partial charge is 0.255 e. The van der Waals surface area contributed by atoms with E-state index >= 15 is 0 Å². The Morgan fingerprint density at radius 2 is 2.05 bits per heavy atom. The molecule has 0 saturated carbocycles. The van der Waals surface area contributed by atoms with Gasteiger partial charge in [-0.1, -0.05) is 6.07 Å². The number of aromatic amines is 1. The lowest BCUT2D eigenvalue weighted by molar-refractivity contribution is 0.0907. The summed E-state index contributed by atoms with van der Waals surface area (Å²) < 4.78 is 26.6. The van der Waals surface area contributed by atoms with E-state index in [1.54, 1.807) is 30.3 Å². The van der Waals surface area contributed by atoms with Gasteiger partial charge in [0, 0.05) is 44.0 Å². The molecular formula is C28H29FN8O3. The van der Waals surface area contributed by atoms with Crippen LogP contribution in [0.3, 0.4) is 0 Å². The molecule has 2 N–H and O–H groups in total. The molecule has 1 fully saturated rings. The van der Waals surface area contributed by atoms with E-state index in [1.807, 2.05) is 25.3 Å². The van der Waals surface area contributed by atoms with Crippen LogP contribution in [0.2, 0.25) is 0 Å². The highest BCUT2D eigenvalue weighted by molar-refractivity contribution is 6.05. The van der Waals surface area contributed by atoms with Crippen molar-refractivity contribution in [3.8, 4) is 11.4 Å². The number of morpholine rings is 1. The Kier molecular flexibility index (Phi) is 7.10. The molecule has 1 atom stereocenters. The van der Waals surface area contributed by atoms with E-state index in [1.165, 1.54) is 12.1 Å². The molecule has 0 spiro atoms. The largest absolute Gasteiger partial charge is 0.383 e. The summed E-state index contributed by atoms with van der Waals surface area (Å²) in [7, 11) is 1.58. The van der Waals surface area contributed by atoms with Gasteiger partial charge in [0.15, 0.2) is 5.65 Å². The topological polar surface area (TPSA) is 123 Å². The highest BCUT2D eigenvalue weighted by Crippen LogP contribution is 2.29. The second-order valence-corrected chi connectivity index (χ2v) is 9.78. The van der Waals surface area contributed by atoms with Gasteiger partial charge in [-0.15, -0.1) is 0 Å². The average molecular weight is 545 g/mol. The molecule has 1 amide bonds. The zero-order chi connectivity index (χ0) is 27.6. The zero-order valence-electron chi connectivity index (χ0n) is 22.2. The number of hydrogen-bond donors (Lipinski definition) is 2. The molecule has 1 unspecified atom stereocenters. The zero-order valence-corrected chi connectivity index (χ0v) is 22.2. The van der Waals surface area contributed by atoms with E-state index in [-0.39, 0.29) is 17.8 Å². The number of pyridine rings is 1. The monoisotopic (exact) mass is 544 g/mol. The van der Waals surface area contributed by atoms with Crippen LogP contribution in [-0.4, -0.2) is 81.7 Å². The van der Waals surface area contributed by atoms with Crippen molar-refractivity contribution in [1.82, 2.24) is 35.0 Å². The Balaban J connectivity index is 1.33. The highest BCUT2D eigenvalue weighted by Gasteiger charge is 2.20. The minimum Gasteiger partial charge on any atom is -0.383 e. The molecule has 0 radical (unpaired) electrons. The Morgan fingerprint density at radius 3 is 2.83 bits per heavy atom. The lowest BCUT2D eigenvalue weighted by Crippen LogP contribution is -2.36. The van der Waals surface area contributed by atoms with Crippen molar-refractivity contribution in [2.45, 2.75) is 19.5 Å². The maximum atomic E-state index is 14.3. The van der Waals surface area contributed by atoms with Gasteiger partial charge in [0.1, 0.15) is 28.5 Å². The Bertz CT molecular complexity index is 1660. The SMILES string of the molecule is COCC(C)NC(=O)c1c[nH]c2ncc(-c3nn(Cc4ccc(N5CCOCC5)nc4)c4cc(F)ccc34)nc12. The molecule has 12 heteroatoms. The number of anilines is 1. The van der Waals surface area contributed by atoms with E-state index in [2.05, 4.69) is 25.2 Å². The van der Waals surface area contributed by atoms with Gasteiger partial charge in [0.2, 0.25) is 0 Å². The second-order valence-electron chi connectivity index (χ2n) is 9.78. The van der Waals surface area contributed by atoms with Crippen LogP contribution in [0.5, 0.6) is 0 Å². The molecule has 206 valence electrons. The summed E-state index contributed by atoms with van der Waals surface area (Å²) >= 11 is 0. The number of ether oxygens (including phenoxy) is 2. The Labute approximate surface area is 229 Å². The minimum atomic E-state index is -0.364. The van der Waals surface area contributed by atoms with Crippen LogP contribution in [0.4, 0.5) is 10.2 Å². The highest BCUT2D eigenvalue weighted by atomic mass is 19.1. The van der Waals surface area contributed by atoms with Crippen LogP contribution in [0.15, 0.2) is 48.9 Å². The maximum Gasteiger partial charge on any atom is 0.255 e. The summed E-state index contributed by atoms with van der Waals surface area (Å²) in [6.45, 7) is 5.62.